The Morgan fingerprint density at radius 1 is 1.24 bits per heavy atom. The van der Waals surface area contributed by atoms with Crippen LogP contribution in [0.15, 0.2) is 18.2 Å². The van der Waals surface area contributed by atoms with Crippen molar-refractivity contribution < 1.29 is 13.2 Å². The van der Waals surface area contributed by atoms with E-state index in [0.29, 0.717) is 5.39 Å². The van der Waals surface area contributed by atoms with Gasteiger partial charge in [0.25, 0.3) is 0 Å². The summed E-state index contributed by atoms with van der Waals surface area (Å²) in [7, 11) is 0. The third-order valence-electron chi connectivity index (χ3n) is 2.38. The Labute approximate surface area is 100 Å². The molecule has 2 rings (SSSR count). The Hall–Kier alpha value is -1.36. The van der Waals surface area contributed by atoms with E-state index in [1.807, 2.05) is 6.92 Å². The van der Waals surface area contributed by atoms with Crippen LogP contribution in [-0.4, -0.2) is 9.97 Å². The summed E-state index contributed by atoms with van der Waals surface area (Å²) in [6, 6.07) is 4.96. The van der Waals surface area contributed by atoms with Gasteiger partial charge in [0.15, 0.2) is 0 Å². The fraction of sp³-hybridized carbons (Fsp3) is 0.273. The Balaban J connectivity index is 2.68. The highest BCUT2D eigenvalue weighted by Gasteiger charge is 2.35. The highest BCUT2D eigenvalue weighted by atomic mass is 35.5. The van der Waals surface area contributed by atoms with Gasteiger partial charge in [0.2, 0.25) is 5.82 Å². The maximum Gasteiger partial charge on any atom is 0.451 e. The third-order valence-corrected chi connectivity index (χ3v) is 2.66. The van der Waals surface area contributed by atoms with Gasteiger partial charge in [-0.1, -0.05) is 24.6 Å². The van der Waals surface area contributed by atoms with Gasteiger partial charge in [-0.25, -0.2) is 9.97 Å². The van der Waals surface area contributed by atoms with Gasteiger partial charge in [0.1, 0.15) is 5.15 Å². The van der Waals surface area contributed by atoms with Crippen LogP contribution in [0.25, 0.3) is 10.9 Å². The van der Waals surface area contributed by atoms with Gasteiger partial charge < -0.3 is 0 Å². The topological polar surface area (TPSA) is 25.8 Å². The fourth-order valence-electron chi connectivity index (χ4n) is 1.48. The highest BCUT2D eigenvalue weighted by molar-refractivity contribution is 6.34. The molecule has 6 heteroatoms. The molecule has 0 aliphatic carbocycles. The van der Waals surface area contributed by atoms with Crippen molar-refractivity contribution in [2.45, 2.75) is 19.5 Å². The first-order valence-corrected chi connectivity index (χ1v) is 5.33. The number of alkyl halides is 3. The second-order valence-electron chi connectivity index (χ2n) is 3.54. The number of aryl methyl sites for hydroxylation is 1. The minimum atomic E-state index is -4.58. The second kappa shape index (κ2) is 4.14. The van der Waals surface area contributed by atoms with Gasteiger partial charge in [-0.15, -0.1) is 0 Å². The van der Waals surface area contributed by atoms with E-state index in [1.165, 1.54) is 6.07 Å². The number of aromatic nitrogens is 2. The van der Waals surface area contributed by atoms with Crippen LogP contribution in [0.5, 0.6) is 0 Å². The van der Waals surface area contributed by atoms with E-state index < -0.39 is 12.0 Å². The standard InChI is InChI=1S/C11H8ClF3N2/c1-2-6-3-4-8-7(5-6)9(12)17-10(16-8)11(13,14)15/h3-5H,2H2,1H3. The van der Waals surface area contributed by atoms with Crippen LogP contribution < -0.4 is 0 Å². The van der Waals surface area contributed by atoms with Gasteiger partial charge in [0.05, 0.1) is 5.52 Å². The van der Waals surface area contributed by atoms with Crippen molar-refractivity contribution >= 4 is 22.5 Å². The summed E-state index contributed by atoms with van der Waals surface area (Å²) in [6.45, 7) is 1.94. The van der Waals surface area contributed by atoms with Gasteiger partial charge >= 0.3 is 6.18 Å². The Kier molecular flexibility index (Phi) is 2.95. The SMILES string of the molecule is CCc1ccc2nc(C(F)(F)F)nc(Cl)c2c1. The maximum atomic E-state index is 12.5. The average Bonchev–Trinajstić information content (AvgIpc) is 2.27. The zero-order valence-electron chi connectivity index (χ0n) is 8.85. The number of benzene rings is 1. The Morgan fingerprint density at radius 3 is 2.53 bits per heavy atom. The smallest absolute Gasteiger partial charge is 0.224 e. The number of rotatable bonds is 1. The largest absolute Gasteiger partial charge is 0.451 e. The van der Waals surface area contributed by atoms with Crippen molar-refractivity contribution in [3.63, 3.8) is 0 Å². The van der Waals surface area contributed by atoms with E-state index in [1.54, 1.807) is 12.1 Å². The molecule has 0 aliphatic heterocycles. The molecule has 0 spiro atoms. The molecule has 0 aliphatic rings. The maximum absolute atomic E-state index is 12.5. The second-order valence-corrected chi connectivity index (χ2v) is 3.90. The molecule has 0 N–H and O–H groups in total. The van der Waals surface area contributed by atoms with Crippen LogP contribution in [0.3, 0.4) is 0 Å². The van der Waals surface area contributed by atoms with E-state index in [9.17, 15) is 13.2 Å². The Morgan fingerprint density at radius 2 is 1.94 bits per heavy atom. The zero-order valence-corrected chi connectivity index (χ0v) is 9.60. The fourth-order valence-corrected chi connectivity index (χ4v) is 1.72. The van der Waals surface area contributed by atoms with Gasteiger partial charge in [-0.3, -0.25) is 0 Å². The van der Waals surface area contributed by atoms with Crippen molar-refractivity contribution in [3.8, 4) is 0 Å². The monoisotopic (exact) mass is 260 g/mol. The molecular weight excluding hydrogens is 253 g/mol. The minimum Gasteiger partial charge on any atom is -0.224 e. The first kappa shape index (κ1) is 12.1. The van der Waals surface area contributed by atoms with Crippen molar-refractivity contribution in [2.75, 3.05) is 0 Å². The third kappa shape index (κ3) is 2.34. The lowest BCUT2D eigenvalue weighted by atomic mass is 10.1. The summed E-state index contributed by atoms with van der Waals surface area (Å²) in [4.78, 5) is 6.74. The highest BCUT2D eigenvalue weighted by Crippen LogP contribution is 2.30. The lowest BCUT2D eigenvalue weighted by Crippen LogP contribution is -2.11. The van der Waals surface area contributed by atoms with E-state index in [4.69, 9.17) is 11.6 Å². The van der Waals surface area contributed by atoms with Crippen molar-refractivity contribution in [1.29, 1.82) is 0 Å². The summed E-state index contributed by atoms with van der Waals surface area (Å²) in [5, 5.41) is 0.275. The first-order valence-electron chi connectivity index (χ1n) is 4.95. The molecular formula is C11H8ClF3N2. The van der Waals surface area contributed by atoms with Crippen molar-refractivity contribution in [1.82, 2.24) is 9.97 Å². The molecule has 0 saturated heterocycles. The predicted octanol–water partition coefficient (Wildman–Crippen LogP) is 3.86. The molecule has 0 unspecified atom stereocenters. The van der Waals surface area contributed by atoms with E-state index in [2.05, 4.69) is 9.97 Å². The summed E-state index contributed by atoms with van der Waals surface area (Å²) >= 11 is 5.75. The quantitative estimate of drug-likeness (QED) is 0.728. The predicted molar refractivity (Wildman–Crippen MR) is 58.9 cm³/mol. The summed E-state index contributed by atoms with van der Waals surface area (Å²) in [6.07, 6.45) is -3.81. The molecule has 2 nitrogen and oxygen atoms in total. The van der Waals surface area contributed by atoms with Crippen LogP contribution in [0.1, 0.15) is 18.3 Å². The number of halogens is 4. The lowest BCUT2D eigenvalue weighted by molar-refractivity contribution is -0.144. The first-order chi connectivity index (χ1) is 7.91. The van der Waals surface area contributed by atoms with Gasteiger partial charge in [-0.05, 0) is 24.1 Å². The lowest BCUT2D eigenvalue weighted by Gasteiger charge is -2.08. The molecule has 0 fully saturated rings. The van der Waals surface area contributed by atoms with Gasteiger partial charge in [0, 0.05) is 5.39 Å². The van der Waals surface area contributed by atoms with Crippen LogP contribution in [-0.2, 0) is 12.6 Å². The molecule has 0 radical (unpaired) electrons. The van der Waals surface area contributed by atoms with Crippen LogP contribution >= 0.6 is 11.6 Å². The average molecular weight is 261 g/mol. The molecule has 1 aromatic heterocycles. The molecule has 0 saturated carbocycles. The molecule has 1 aromatic carbocycles. The summed E-state index contributed by atoms with van der Waals surface area (Å²) < 4.78 is 37.4. The summed E-state index contributed by atoms with van der Waals surface area (Å²) in [5.74, 6) is -1.21. The molecule has 0 amide bonds. The zero-order chi connectivity index (χ0) is 12.6. The van der Waals surface area contributed by atoms with Crippen LogP contribution in [0, 0.1) is 0 Å². The molecule has 0 bridgehead atoms. The molecule has 1 heterocycles. The molecule has 0 atom stereocenters. The molecule has 17 heavy (non-hydrogen) atoms. The molecule has 2 aromatic rings. The van der Waals surface area contributed by atoms with Gasteiger partial charge in [-0.2, -0.15) is 13.2 Å². The van der Waals surface area contributed by atoms with Crippen LogP contribution in [0.2, 0.25) is 5.15 Å². The van der Waals surface area contributed by atoms with E-state index in [-0.39, 0.29) is 10.7 Å². The van der Waals surface area contributed by atoms with Crippen molar-refractivity contribution in [3.05, 3.63) is 34.7 Å². The normalized spacial score (nSPS) is 12.1. The molecule has 90 valence electrons. The number of fused-ring (bicyclic) bond motifs is 1. The number of hydrogen-bond acceptors (Lipinski definition) is 2. The van der Waals surface area contributed by atoms with Crippen LogP contribution in [0.4, 0.5) is 13.2 Å². The van der Waals surface area contributed by atoms with E-state index in [0.717, 1.165) is 12.0 Å². The van der Waals surface area contributed by atoms with E-state index >= 15 is 0 Å². The number of hydrogen-bond donors (Lipinski definition) is 0. The summed E-state index contributed by atoms with van der Waals surface area (Å²) in [5.41, 5.74) is 1.18. The Bertz CT molecular complexity index is 566. The minimum absolute atomic E-state index is 0.169. The number of nitrogens with zero attached hydrogens (tertiary/aromatic N) is 2. The van der Waals surface area contributed by atoms with Crippen molar-refractivity contribution in [2.24, 2.45) is 0 Å².